The van der Waals surface area contributed by atoms with Crippen LogP contribution in [0.3, 0.4) is 0 Å². The number of carboxylic acids is 1. The highest BCUT2D eigenvalue weighted by atomic mass is 32.1. The zero-order valence-corrected chi connectivity index (χ0v) is 14.3. The van der Waals surface area contributed by atoms with Gasteiger partial charge in [0.1, 0.15) is 16.5 Å². The first kappa shape index (κ1) is 16.1. The summed E-state index contributed by atoms with van der Waals surface area (Å²) in [7, 11) is 0. The second-order valence-corrected chi connectivity index (χ2v) is 7.67. The van der Waals surface area contributed by atoms with E-state index in [-0.39, 0.29) is 6.54 Å². The van der Waals surface area contributed by atoms with Gasteiger partial charge < -0.3 is 15.5 Å². The van der Waals surface area contributed by atoms with Gasteiger partial charge in [0.25, 0.3) is 0 Å². The minimum absolute atomic E-state index is 0.102. The molecule has 0 fully saturated rings. The van der Waals surface area contributed by atoms with Gasteiger partial charge in [-0.15, -0.1) is 11.3 Å². The Morgan fingerprint density at radius 2 is 2.22 bits per heavy atom. The lowest BCUT2D eigenvalue weighted by molar-refractivity contribution is -0.155. The molecule has 23 heavy (non-hydrogen) atoms. The molecular weight excluding hydrogens is 314 g/mol. The lowest BCUT2D eigenvalue weighted by atomic mass is 9.89. The van der Waals surface area contributed by atoms with Crippen LogP contribution in [0.2, 0.25) is 0 Å². The van der Waals surface area contributed by atoms with Crippen LogP contribution >= 0.6 is 11.3 Å². The number of nitrogens with zero attached hydrogens (tertiary/aromatic N) is 2. The largest absolute Gasteiger partial charge is 0.479 e. The third kappa shape index (κ3) is 3.03. The Labute approximate surface area is 138 Å². The number of aryl methyl sites for hydroxylation is 2. The van der Waals surface area contributed by atoms with Crippen LogP contribution in [-0.4, -0.2) is 38.3 Å². The normalized spacial score (nSPS) is 20.1. The zero-order chi connectivity index (χ0) is 16.8. The number of carboxylic acid groups (broad SMARTS) is 1. The first-order valence-electron chi connectivity index (χ1n) is 7.76. The number of rotatable bonds is 4. The molecule has 2 unspecified atom stereocenters. The molecule has 0 radical (unpaired) electrons. The van der Waals surface area contributed by atoms with Crippen LogP contribution in [0.1, 0.15) is 36.5 Å². The van der Waals surface area contributed by atoms with Crippen LogP contribution in [0.4, 0.5) is 5.82 Å². The first-order valence-corrected chi connectivity index (χ1v) is 8.58. The third-order valence-electron chi connectivity index (χ3n) is 4.33. The molecule has 0 bridgehead atoms. The molecule has 0 saturated carbocycles. The van der Waals surface area contributed by atoms with Gasteiger partial charge in [0.05, 0.1) is 11.9 Å². The molecule has 0 spiro atoms. The van der Waals surface area contributed by atoms with Crippen LogP contribution in [0.25, 0.3) is 10.2 Å². The van der Waals surface area contributed by atoms with Crippen molar-refractivity contribution < 1.29 is 15.0 Å². The van der Waals surface area contributed by atoms with Gasteiger partial charge in [-0.25, -0.2) is 14.8 Å². The van der Waals surface area contributed by atoms with Gasteiger partial charge in [0.2, 0.25) is 0 Å². The van der Waals surface area contributed by atoms with E-state index in [9.17, 15) is 9.90 Å². The highest BCUT2D eigenvalue weighted by molar-refractivity contribution is 7.19. The fourth-order valence-corrected chi connectivity index (χ4v) is 4.34. The van der Waals surface area contributed by atoms with Crippen LogP contribution in [0.15, 0.2) is 0 Å². The summed E-state index contributed by atoms with van der Waals surface area (Å²) in [6.45, 7) is 5.25. The molecule has 0 aliphatic heterocycles. The van der Waals surface area contributed by atoms with Crippen molar-refractivity contribution in [1.82, 2.24) is 9.97 Å². The molecule has 2 heterocycles. The minimum atomic E-state index is -1.84. The fraction of sp³-hybridized carbons (Fsp3) is 0.562. The van der Waals surface area contributed by atoms with Crippen molar-refractivity contribution in [3.8, 4) is 0 Å². The number of aliphatic carboxylic acids is 1. The predicted octanol–water partition coefficient (Wildman–Crippen LogP) is 2.37. The molecule has 0 aromatic carbocycles. The van der Waals surface area contributed by atoms with Gasteiger partial charge >= 0.3 is 5.97 Å². The summed E-state index contributed by atoms with van der Waals surface area (Å²) in [5.74, 6) is 0.685. The molecule has 0 amide bonds. The molecule has 6 nitrogen and oxygen atoms in total. The molecule has 124 valence electrons. The summed E-state index contributed by atoms with van der Waals surface area (Å²) in [4.78, 5) is 22.3. The van der Waals surface area contributed by atoms with Crippen molar-refractivity contribution in [1.29, 1.82) is 0 Å². The van der Waals surface area contributed by atoms with Crippen LogP contribution < -0.4 is 5.32 Å². The summed E-state index contributed by atoms with van der Waals surface area (Å²) in [6.07, 6.45) is 3.19. The van der Waals surface area contributed by atoms with E-state index >= 15 is 0 Å². The number of hydrogen-bond donors (Lipinski definition) is 3. The Kier molecular flexibility index (Phi) is 4.01. The van der Waals surface area contributed by atoms with E-state index in [1.165, 1.54) is 17.4 Å². The highest BCUT2D eigenvalue weighted by Gasteiger charge is 2.30. The number of thiophene rings is 1. The van der Waals surface area contributed by atoms with Crippen molar-refractivity contribution in [2.24, 2.45) is 5.92 Å². The van der Waals surface area contributed by atoms with E-state index in [2.05, 4.69) is 22.2 Å². The van der Waals surface area contributed by atoms with Crippen molar-refractivity contribution in [3.63, 3.8) is 0 Å². The van der Waals surface area contributed by atoms with E-state index in [4.69, 9.17) is 5.11 Å². The molecule has 2 aromatic heterocycles. The number of fused-ring (bicyclic) bond motifs is 3. The summed E-state index contributed by atoms with van der Waals surface area (Å²) >= 11 is 1.70. The number of carbonyl (C=O) groups is 1. The predicted molar refractivity (Wildman–Crippen MR) is 90.1 cm³/mol. The third-order valence-corrected chi connectivity index (χ3v) is 5.48. The Bertz CT molecular complexity index is 770. The number of aromatic nitrogens is 2. The smallest absolute Gasteiger partial charge is 0.337 e. The lowest BCUT2D eigenvalue weighted by Gasteiger charge is -2.20. The Balaban J connectivity index is 2.01. The average molecular weight is 335 g/mol. The van der Waals surface area contributed by atoms with E-state index in [1.807, 2.05) is 6.92 Å². The topological polar surface area (TPSA) is 95.3 Å². The Hall–Kier alpha value is -1.73. The summed E-state index contributed by atoms with van der Waals surface area (Å²) in [6, 6.07) is 0. The molecule has 7 heteroatoms. The molecule has 0 saturated heterocycles. The quantitative estimate of drug-likeness (QED) is 0.794. The second kappa shape index (κ2) is 5.72. The van der Waals surface area contributed by atoms with E-state index in [1.54, 1.807) is 11.3 Å². The molecule has 3 rings (SSSR count). The van der Waals surface area contributed by atoms with E-state index in [0.717, 1.165) is 29.5 Å². The lowest BCUT2D eigenvalue weighted by Crippen LogP contribution is -2.42. The maximum absolute atomic E-state index is 11.1. The van der Waals surface area contributed by atoms with Crippen LogP contribution in [0.5, 0.6) is 0 Å². The van der Waals surface area contributed by atoms with Gasteiger partial charge in [-0.05, 0) is 44.6 Å². The molecule has 2 atom stereocenters. The van der Waals surface area contributed by atoms with E-state index < -0.39 is 11.6 Å². The van der Waals surface area contributed by atoms with Crippen molar-refractivity contribution in [3.05, 3.63) is 16.3 Å². The summed E-state index contributed by atoms with van der Waals surface area (Å²) in [5, 5.41) is 23.0. The van der Waals surface area contributed by atoms with Crippen molar-refractivity contribution in [2.75, 3.05) is 11.9 Å². The van der Waals surface area contributed by atoms with Crippen LogP contribution in [-0.2, 0) is 17.6 Å². The van der Waals surface area contributed by atoms with Gasteiger partial charge in [0, 0.05) is 4.88 Å². The van der Waals surface area contributed by atoms with Gasteiger partial charge in [-0.1, -0.05) is 6.92 Å². The maximum Gasteiger partial charge on any atom is 0.337 e. The number of anilines is 1. The zero-order valence-electron chi connectivity index (χ0n) is 13.5. The van der Waals surface area contributed by atoms with Gasteiger partial charge in [-0.3, -0.25) is 0 Å². The molecule has 1 aliphatic carbocycles. The summed E-state index contributed by atoms with van der Waals surface area (Å²) < 4.78 is 0. The highest BCUT2D eigenvalue weighted by Crippen LogP contribution is 2.40. The monoisotopic (exact) mass is 335 g/mol. The number of hydrogen-bond acceptors (Lipinski definition) is 6. The minimum Gasteiger partial charge on any atom is -0.479 e. The molecule has 2 aromatic rings. The Morgan fingerprint density at radius 1 is 1.48 bits per heavy atom. The van der Waals surface area contributed by atoms with Crippen molar-refractivity contribution in [2.45, 2.75) is 45.6 Å². The maximum atomic E-state index is 11.1. The van der Waals surface area contributed by atoms with Crippen LogP contribution in [0, 0.1) is 12.8 Å². The fourth-order valence-electron chi connectivity index (χ4n) is 2.91. The standard InChI is InChI=1S/C16H21N3O3S/c1-8-4-5-10-11(6-8)23-14-12(10)13(18-9(2)19-14)17-7-16(3,22)15(20)21/h8,22H,4-7H2,1-3H3,(H,20,21)(H,17,18,19). The van der Waals surface area contributed by atoms with Gasteiger partial charge in [-0.2, -0.15) is 0 Å². The number of aliphatic hydroxyl groups is 1. The van der Waals surface area contributed by atoms with Crippen molar-refractivity contribution >= 4 is 33.3 Å². The summed E-state index contributed by atoms with van der Waals surface area (Å²) in [5.41, 5.74) is -0.559. The average Bonchev–Trinajstić information content (AvgIpc) is 2.81. The second-order valence-electron chi connectivity index (χ2n) is 6.58. The first-order chi connectivity index (χ1) is 10.8. The van der Waals surface area contributed by atoms with Gasteiger partial charge in [0.15, 0.2) is 5.60 Å². The number of nitrogens with one attached hydrogen (secondary N) is 1. The van der Waals surface area contributed by atoms with E-state index in [0.29, 0.717) is 17.6 Å². The Morgan fingerprint density at radius 3 is 2.91 bits per heavy atom. The molecule has 1 aliphatic rings. The molecular formula is C16H21N3O3S. The SMILES string of the molecule is Cc1nc(NCC(C)(O)C(=O)O)c2c3c(sc2n1)CC(C)CC3. The molecule has 3 N–H and O–H groups in total.